The molecule has 1 saturated heterocycles. The summed E-state index contributed by atoms with van der Waals surface area (Å²) in [6.07, 6.45) is 3.02. The Morgan fingerprint density at radius 1 is 0.977 bits per heavy atom. The molecule has 0 bridgehead atoms. The Morgan fingerprint density at radius 3 is 2.57 bits per heavy atom. The average Bonchev–Trinajstić information content (AvgIpc) is 3.59. The van der Waals surface area contributed by atoms with Crippen molar-refractivity contribution in [1.29, 1.82) is 0 Å². The number of hydrogen-bond acceptors (Lipinski definition) is 10. The van der Waals surface area contributed by atoms with E-state index in [1.165, 1.54) is 23.3 Å². The fraction of sp³-hybridized carbons (Fsp3) is 0.303. The molecule has 3 aromatic carbocycles. The van der Waals surface area contributed by atoms with Gasteiger partial charge in [-0.2, -0.15) is 0 Å². The number of Topliss-reactive ketones (excluding diaryl/α,β-unsaturated/α-hetero) is 1. The van der Waals surface area contributed by atoms with Crippen LogP contribution in [0.5, 0.6) is 28.7 Å². The quantitative estimate of drug-likeness (QED) is 0.0951. The number of amides is 1. The normalized spacial score (nSPS) is 17.2. The number of unbranched alkanes of at least 4 members (excludes halogenated alkanes) is 2. The molecule has 1 N–H and O–H groups in total. The van der Waals surface area contributed by atoms with Gasteiger partial charge >= 0.3 is 5.91 Å². The van der Waals surface area contributed by atoms with Crippen molar-refractivity contribution in [2.24, 2.45) is 0 Å². The molecular weight excluding hydrogens is 584 g/mol. The Bertz CT molecular complexity index is 1760. The number of thiazole rings is 1. The van der Waals surface area contributed by atoms with Crippen molar-refractivity contribution in [1.82, 2.24) is 4.98 Å². The van der Waals surface area contributed by atoms with Crippen LogP contribution in [-0.2, 0) is 9.59 Å². The Balaban J connectivity index is 1.48. The Morgan fingerprint density at radius 2 is 1.80 bits per heavy atom. The summed E-state index contributed by atoms with van der Waals surface area (Å²) in [6, 6.07) is 14.6. The second-order valence-electron chi connectivity index (χ2n) is 10.3. The summed E-state index contributed by atoms with van der Waals surface area (Å²) in [4.78, 5) is 33.5. The number of carbonyl (C=O) groups excluding carboxylic acids is 2. The first kappa shape index (κ1) is 29.3. The largest absolute Gasteiger partial charge is 0.507 e. The SMILES string of the molecule is CCCCCOc1ccc([C@H]2C(=C(O)c3ccc4c(c3)OCCO4)C(=O)C(=O)N2c2nc3ccc(OC)cc3s2)cc1OC. The second-order valence-corrected chi connectivity index (χ2v) is 11.3. The van der Waals surface area contributed by atoms with E-state index in [9.17, 15) is 14.7 Å². The van der Waals surface area contributed by atoms with Crippen LogP contribution in [0.25, 0.3) is 16.0 Å². The highest BCUT2D eigenvalue weighted by Crippen LogP contribution is 2.46. The van der Waals surface area contributed by atoms with Gasteiger partial charge in [0, 0.05) is 5.56 Å². The topological polar surface area (TPSA) is 117 Å². The minimum Gasteiger partial charge on any atom is -0.507 e. The summed E-state index contributed by atoms with van der Waals surface area (Å²) in [5, 5.41) is 12.0. The van der Waals surface area contributed by atoms with Gasteiger partial charge in [0.05, 0.1) is 42.7 Å². The van der Waals surface area contributed by atoms with Crippen LogP contribution in [0.15, 0.2) is 60.2 Å². The van der Waals surface area contributed by atoms with Crippen molar-refractivity contribution >= 4 is 44.1 Å². The number of benzene rings is 3. The average molecular weight is 617 g/mol. The number of aliphatic hydroxyl groups excluding tert-OH is 1. The number of anilines is 1. The number of aliphatic hydroxyl groups is 1. The smallest absolute Gasteiger partial charge is 0.301 e. The molecule has 2 aliphatic rings. The lowest BCUT2D eigenvalue weighted by atomic mass is 9.95. The lowest BCUT2D eigenvalue weighted by Gasteiger charge is -2.24. The predicted octanol–water partition coefficient (Wildman–Crippen LogP) is 6.28. The molecule has 3 heterocycles. The molecule has 2 aliphatic heterocycles. The van der Waals surface area contributed by atoms with E-state index < -0.39 is 17.7 Å². The molecule has 44 heavy (non-hydrogen) atoms. The summed E-state index contributed by atoms with van der Waals surface area (Å²) in [5.74, 6) is 0.628. The first-order chi connectivity index (χ1) is 21.4. The van der Waals surface area contributed by atoms with Gasteiger partial charge in [0.15, 0.2) is 28.1 Å². The van der Waals surface area contributed by atoms with E-state index in [1.54, 1.807) is 55.6 Å². The third kappa shape index (κ3) is 5.39. The summed E-state index contributed by atoms with van der Waals surface area (Å²) in [7, 11) is 3.11. The van der Waals surface area contributed by atoms with E-state index in [0.29, 0.717) is 70.3 Å². The van der Waals surface area contributed by atoms with Gasteiger partial charge in [-0.05, 0) is 60.5 Å². The van der Waals surface area contributed by atoms with Gasteiger partial charge in [0.1, 0.15) is 24.7 Å². The number of carbonyl (C=O) groups is 2. The van der Waals surface area contributed by atoms with Gasteiger partial charge in [0.2, 0.25) is 0 Å². The predicted molar refractivity (Wildman–Crippen MR) is 166 cm³/mol. The van der Waals surface area contributed by atoms with Crippen molar-refractivity contribution in [3.05, 3.63) is 71.3 Å². The molecular formula is C33H32N2O8S. The zero-order valence-electron chi connectivity index (χ0n) is 24.6. The molecule has 0 unspecified atom stereocenters. The van der Waals surface area contributed by atoms with Gasteiger partial charge in [-0.1, -0.05) is 37.2 Å². The first-order valence-electron chi connectivity index (χ1n) is 14.4. The molecule has 228 valence electrons. The van der Waals surface area contributed by atoms with Crippen LogP contribution in [0, 0.1) is 0 Å². The van der Waals surface area contributed by atoms with E-state index >= 15 is 0 Å². The molecule has 1 fully saturated rings. The van der Waals surface area contributed by atoms with E-state index in [-0.39, 0.29) is 11.3 Å². The fourth-order valence-corrected chi connectivity index (χ4v) is 6.34. The maximum Gasteiger partial charge on any atom is 0.301 e. The van der Waals surface area contributed by atoms with Crippen LogP contribution in [0.3, 0.4) is 0 Å². The van der Waals surface area contributed by atoms with E-state index in [2.05, 4.69) is 6.92 Å². The van der Waals surface area contributed by atoms with Gasteiger partial charge in [-0.15, -0.1) is 0 Å². The third-order valence-corrected chi connectivity index (χ3v) is 8.58. The molecule has 10 nitrogen and oxygen atoms in total. The number of aromatic nitrogens is 1. The van der Waals surface area contributed by atoms with Crippen LogP contribution in [-0.4, -0.2) is 55.8 Å². The summed E-state index contributed by atoms with van der Waals surface area (Å²) >= 11 is 1.25. The van der Waals surface area contributed by atoms with Crippen LogP contribution in [0.2, 0.25) is 0 Å². The molecule has 0 aliphatic carbocycles. The zero-order chi connectivity index (χ0) is 30.8. The third-order valence-electron chi connectivity index (χ3n) is 7.56. The number of ether oxygens (including phenoxy) is 5. The van der Waals surface area contributed by atoms with Crippen molar-refractivity contribution in [2.45, 2.75) is 32.2 Å². The van der Waals surface area contributed by atoms with E-state index in [0.717, 1.165) is 24.0 Å². The number of methoxy groups -OCH3 is 2. The molecule has 0 radical (unpaired) electrons. The number of ketones is 1. The van der Waals surface area contributed by atoms with E-state index in [1.807, 2.05) is 6.07 Å². The molecule has 1 aromatic heterocycles. The molecule has 11 heteroatoms. The maximum atomic E-state index is 13.8. The molecule has 6 rings (SSSR count). The lowest BCUT2D eigenvalue weighted by molar-refractivity contribution is -0.132. The maximum absolute atomic E-state index is 13.8. The molecule has 1 atom stereocenters. The van der Waals surface area contributed by atoms with E-state index in [4.69, 9.17) is 28.7 Å². The van der Waals surface area contributed by atoms with Crippen molar-refractivity contribution < 1.29 is 38.4 Å². The standard InChI is InChI=1S/C33H32N2O8S/c1-4-5-6-13-41-23-11-7-19(16-25(23)40-3)29-28(30(36)20-8-12-24-26(17-20)43-15-14-42-24)31(37)32(38)35(29)33-34-22-10-9-21(39-2)18-27(22)44-33/h7-12,16-18,29,36H,4-6,13-15H2,1-3H3/t29-/m0/s1. The summed E-state index contributed by atoms with van der Waals surface area (Å²) in [6.45, 7) is 3.42. The highest BCUT2D eigenvalue weighted by Gasteiger charge is 2.48. The Hall–Kier alpha value is -4.77. The Labute approximate surface area is 258 Å². The summed E-state index contributed by atoms with van der Waals surface area (Å²) in [5.41, 5.74) is 1.42. The fourth-order valence-electron chi connectivity index (χ4n) is 5.32. The number of fused-ring (bicyclic) bond motifs is 2. The highest BCUT2D eigenvalue weighted by molar-refractivity contribution is 7.22. The van der Waals surface area contributed by atoms with Crippen LogP contribution in [0.1, 0.15) is 43.4 Å². The zero-order valence-corrected chi connectivity index (χ0v) is 25.4. The van der Waals surface area contributed by atoms with Crippen LogP contribution in [0.4, 0.5) is 5.13 Å². The number of hydrogen-bond donors (Lipinski definition) is 1. The van der Waals surface area contributed by atoms with Gasteiger partial charge in [0.25, 0.3) is 5.78 Å². The molecule has 1 amide bonds. The molecule has 0 saturated carbocycles. The number of nitrogens with zero attached hydrogens (tertiary/aromatic N) is 2. The molecule has 0 spiro atoms. The van der Waals surface area contributed by atoms with Gasteiger partial charge in [-0.25, -0.2) is 4.98 Å². The van der Waals surface area contributed by atoms with Gasteiger partial charge in [-0.3, -0.25) is 14.5 Å². The Kier molecular flexibility index (Phi) is 8.30. The van der Waals surface area contributed by atoms with Crippen molar-refractivity contribution in [2.75, 3.05) is 38.9 Å². The summed E-state index contributed by atoms with van der Waals surface area (Å²) < 4.78 is 29.1. The monoisotopic (exact) mass is 616 g/mol. The lowest BCUT2D eigenvalue weighted by Crippen LogP contribution is -2.29. The number of rotatable bonds is 10. The first-order valence-corrected chi connectivity index (χ1v) is 15.2. The van der Waals surface area contributed by atoms with Gasteiger partial charge < -0.3 is 28.8 Å². The second kappa shape index (κ2) is 12.5. The van der Waals surface area contributed by atoms with Crippen molar-refractivity contribution in [3.63, 3.8) is 0 Å². The minimum atomic E-state index is -1.01. The molecule has 4 aromatic rings. The van der Waals surface area contributed by atoms with Crippen LogP contribution >= 0.6 is 11.3 Å². The van der Waals surface area contributed by atoms with Crippen LogP contribution < -0.4 is 28.6 Å². The highest BCUT2D eigenvalue weighted by atomic mass is 32.1. The minimum absolute atomic E-state index is 0.0813. The van der Waals surface area contributed by atoms with Crippen molar-refractivity contribution in [3.8, 4) is 28.7 Å².